The number of carbonyl (C=O) groups is 3. The molecule has 0 radical (unpaired) electrons. The van der Waals surface area contributed by atoms with Crippen molar-refractivity contribution in [3.05, 3.63) is 95.6 Å². The van der Waals surface area contributed by atoms with E-state index in [0.29, 0.717) is 34.9 Å². The number of imidazole rings is 2. The molecule has 19 nitrogen and oxygen atoms in total. The highest BCUT2D eigenvalue weighted by Gasteiger charge is 2.36. The molecule has 27 heteroatoms. The number of fused-ring (bicyclic) bond motifs is 2. The van der Waals surface area contributed by atoms with Gasteiger partial charge in [0, 0.05) is 87.4 Å². The first-order valence-corrected chi connectivity index (χ1v) is 26.1. The molecule has 0 bridgehead atoms. The van der Waals surface area contributed by atoms with Crippen molar-refractivity contribution in [2.24, 2.45) is 0 Å². The van der Waals surface area contributed by atoms with Gasteiger partial charge in [0.25, 0.3) is 0 Å². The first-order chi connectivity index (χ1) is 36.1. The smallest absolute Gasteiger partial charge is 0.508 e. The molecule has 2 amide bonds. The average Bonchev–Trinajstić information content (AvgIpc) is 4.00. The molecule has 412 valence electrons. The molecule has 0 spiro atoms. The summed E-state index contributed by atoms with van der Waals surface area (Å²) >= 11 is -4.18. The number of para-hydroxylation sites is 4. The van der Waals surface area contributed by atoms with Crippen molar-refractivity contribution in [1.29, 1.82) is 0 Å². The first-order valence-electron chi connectivity index (χ1n) is 23.4. The van der Waals surface area contributed by atoms with Gasteiger partial charge in [0.1, 0.15) is 24.7 Å². The standard InChI is InChI=1S/C49H56F6N8O11S2/c1-31-37(56-21-19-41(31)73-29-48(50,51)52)27-75(67)43-58-35-15-7-9-17-39(35)62(43)45(64)60(3)33(13-11-23-69-5)25-71-47(66)72-26-34(14-12-24-70-6)61(4)46(65)63-40-18-10-8-16-36(40)59-44(63)76(68)28-38-32(2)42(20-22-57-38)74-30-49(53,54)55/h7-10,15-22,33-34H,11-14,23-30H2,1-6H3/t33-,34-,75-,76-/m1/s1. The summed E-state index contributed by atoms with van der Waals surface area (Å²) in [4.78, 5) is 62.6. The number of hydrogen-bond donors (Lipinski definition) is 0. The number of aromatic nitrogens is 6. The molecule has 0 saturated heterocycles. The van der Waals surface area contributed by atoms with Crippen LogP contribution in [0.15, 0.2) is 83.4 Å². The minimum absolute atomic E-state index is 0.105. The maximum atomic E-state index is 14.6. The summed E-state index contributed by atoms with van der Waals surface area (Å²) in [6.45, 7) is -0.375. The number of hydrogen-bond acceptors (Lipinski definition) is 15. The third kappa shape index (κ3) is 15.4. The number of halogens is 6. The zero-order valence-corrected chi connectivity index (χ0v) is 43.9. The number of ether oxygens (including phenoxy) is 6. The minimum atomic E-state index is -4.60. The Morgan fingerprint density at radius 3 is 1.38 bits per heavy atom. The molecule has 0 aliphatic rings. The minimum Gasteiger partial charge on any atom is -0.609 e. The van der Waals surface area contributed by atoms with E-state index in [0.717, 1.165) is 9.13 Å². The number of benzene rings is 2. The summed E-state index contributed by atoms with van der Waals surface area (Å²) in [6, 6.07) is 12.5. The number of methoxy groups -OCH3 is 2. The van der Waals surface area contributed by atoms with E-state index in [1.54, 1.807) is 48.5 Å². The maximum Gasteiger partial charge on any atom is 0.508 e. The Balaban J connectivity index is 1.18. The number of alkyl halides is 6. The van der Waals surface area contributed by atoms with Crippen molar-refractivity contribution >= 4 is 62.6 Å². The van der Waals surface area contributed by atoms with Gasteiger partial charge in [-0.05, 0) is 75.9 Å². The van der Waals surface area contributed by atoms with Gasteiger partial charge in [0.05, 0.1) is 45.5 Å². The van der Waals surface area contributed by atoms with Gasteiger partial charge in [-0.25, -0.2) is 23.5 Å². The Morgan fingerprint density at radius 2 is 1.01 bits per heavy atom. The molecule has 0 aliphatic heterocycles. The zero-order chi connectivity index (χ0) is 55.3. The molecule has 4 heterocycles. The van der Waals surface area contributed by atoms with E-state index in [2.05, 4.69) is 19.9 Å². The normalized spacial score (nSPS) is 13.6. The number of pyridine rings is 2. The fourth-order valence-electron chi connectivity index (χ4n) is 7.80. The van der Waals surface area contributed by atoms with Crippen LogP contribution in [0.1, 0.15) is 48.2 Å². The summed E-state index contributed by atoms with van der Waals surface area (Å²) < 4.78 is 140. The summed E-state index contributed by atoms with van der Waals surface area (Å²) in [5.74, 6) is -0.885. The van der Waals surface area contributed by atoms with Gasteiger partial charge in [0.15, 0.2) is 24.7 Å². The van der Waals surface area contributed by atoms with E-state index in [-0.39, 0.29) is 81.9 Å². The lowest BCUT2D eigenvalue weighted by Crippen LogP contribution is -2.44. The van der Waals surface area contributed by atoms with Crippen molar-refractivity contribution in [3.8, 4) is 11.5 Å². The Kier molecular flexibility index (Phi) is 20.6. The van der Waals surface area contributed by atoms with Crippen molar-refractivity contribution in [1.82, 2.24) is 38.9 Å². The molecule has 6 rings (SSSR count). The molecule has 0 unspecified atom stereocenters. The summed E-state index contributed by atoms with van der Waals surface area (Å²) in [5.41, 5.74) is 1.97. The van der Waals surface area contributed by atoms with Gasteiger partial charge < -0.3 is 47.3 Å². The monoisotopic (exact) mass is 1110 g/mol. The fourth-order valence-corrected chi connectivity index (χ4v) is 10.3. The van der Waals surface area contributed by atoms with Crippen molar-refractivity contribution in [2.75, 3.05) is 68.0 Å². The van der Waals surface area contributed by atoms with Gasteiger partial charge in [-0.15, -0.1) is 0 Å². The SMILES string of the molecule is COCCC[C@H](COC(=O)OC[C@@H](CCCOC)N(C)C(=O)n1c([S@+]([O-])Cc2nccc(OCC(F)(F)F)c2C)nc2ccccc21)N(C)C(=O)n1c([S@+]([O-])Cc2nccc(OCC(F)(F)F)c2C)nc2ccccc21. The van der Waals surface area contributed by atoms with Crippen LogP contribution in [0, 0.1) is 13.8 Å². The van der Waals surface area contributed by atoms with Crippen LogP contribution in [0.25, 0.3) is 22.1 Å². The summed E-state index contributed by atoms with van der Waals surface area (Å²) in [7, 11) is 5.90. The molecule has 0 aliphatic carbocycles. The molecule has 2 aromatic carbocycles. The molecule has 0 N–H and O–H groups in total. The Morgan fingerprint density at radius 1 is 0.632 bits per heavy atom. The first kappa shape index (κ1) is 58.9. The molecule has 0 saturated carbocycles. The van der Waals surface area contributed by atoms with Crippen LogP contribution < -0.4 is 9.47 Å². The third-order valence-electron chi connectivity index (χ3n) is 11.9. The highest BCUT2D eigenvalue weighted by Crippen LogP contribution is 2.31. The van der Waals surface area contributed by atoms with E-state index in [9.17, 15) is 49.8 Å². The number of likely N-dealkylation sites (N-methyl/N-ethyl adjacent to an activating group) is 2. The molecular formula is C49H56F6N8O11S2. The van der Waals surface area contributed by atoms with Gasteiger partial charge in [0.2, 0.25) is 0 Å². The van der Waals surface area contributed by atoms with E-state index >= 15 is 0 Å². The van der Waals surface area contributed by atoms with Crippen LogP contribution in [0.3, 0.4) is 0 Å². The van der Waals surface area contributed by atoms with Crippen LogP contribution in [-0.2, 0) is 52.8 Å². The number of nitrogens with zero attached hydrogens (tertiary/aromatic N) is 8. The van der Waals surface area contributed by atoms with E-state index in [4.69, 9.17) is 28.4 Å². The second-order valence-corrected chi connectivity index (χ2v) is 19.9. The van der Waals surface area contributed by atoms with E-state index < -0.39 is 91.4 Å². The number of amides is 2. The lowest BCUT2D eigenvalue weighted by atomic mass is 10.1. The quantitative estimate of drug-likeness (QED) is 0.0240. The predicted molar refractivity (Wildman–Crippen MR) is 265 cm³/mol. The molecular weight excluding hydrogens is 1050 g/mol. The molecule has 0 fully saturated rings. The van der Waals surface area contributed by atoms with Crippen molar-refractivity contribution in [2.45, 2.75) is 85.8 Å². The van der Waals surface area contributed by atoms with E-state index in [1.165, 1.54) is 76.5 Å². The average molecular weight is 1110 g/mol. The summed E-state index contributed by atoms with van der Waals surface area (Å²) in [6.07, 6.45) is -6.60. The van der Waals surface area contributed by atoms with Crippen molar-refractivity contribution < 1.29 is 78.3 Å². The number of carbonyl (C=O) groups excluding carboxylic acids is 3. The second kappa shape index (κ2) is 26.6. The van der Waals surface area contributed by atoms with Crippen LogP contribution in [0.2, 0.25) is 0 Å². The van der Waals surface area contributed by atoms with Gasteiger partial charge >= 0.3 is 40.9 Å². The highest BCUT2D eigenvalue weighted by molar-refractivity contribution is 7.90. The maximum absolute atomic E-state index is 14.6. The lowest BCUT2D eigenvalue weighted by molar-refractivity contribution is -0.154. The third-order valence-corrected chi connectivity index (χ3v) is 14.4. The van der Waals surface area contributed by atoms with Crippen LogP contribution in [0.4, 0.5) is 40.7 Å². The van der Waals surface area contributed by atoms with Crippen LogP contribution in [-0.4, -0.2) is 159 Å². The molecule has 76 heavy (non-hydrogen) atoms. The molecule has 6 aromatic rings. The highest BCUT2D eigenvalue weighted by atomic mass is 32.2. The van der Waals surface area contributed by atoms with E-state index in [1.807, 2.05) is 0 Å². The van der Waals surface area contributed by atoms with Crippen LogP contribution in [0.5, 0.6) is 11.5 Å². The van der Waals surface area contributed by atoms with Crippen molar-refractivity contribution in [3.63, 3.8) is 0 Å². The van der Waals surface area contributed by atoms with Crippen LogP contribution >= 0.6 is 0 Å². The largest absolute Gasteiger partial charge is 0.609 e. The zero-order valence-electron chi connectivity index (χ0n) is 42.2. The topological polar surface area (TPSA) is 221 Å². The second-order valence-electron chi connectivity index (χ2n) is 17.2. The Labute approximate surface area is 439 Å². The van der Waals surface area contributed by atoms with Gasteiger partial charge in [-0.3, -0.25) is 9.97 Å². The predicted octanol–water partition coefficient (Wildman–Crippen LogP) is 8.53. The van der Waals surface area contributed by atoms with Gasteiger partial charge in [-0.1, -0.05) is 24.3 Å². The summed E-state index contributed by atoms with van der Waals surface area (Å²) in [5, 5.41) is -0.347. The number of rotatable bonds is 24. The Bertz CT molecular complexity index is 2740. The fraction of sp³-hybridized carbons (Fsp3) is 0.449. The Hall–Kier alpha value is -6.39. The van der Waals surface area contributed by atoms with Gasteiger partial charge in [-0.2, -0.15) is 36.3 Å². The lowest BCUT2D eigenvalue weighted by Gasteiger charge is -2.29. The molecule has 4 aromatic heterocycles. The molecule has 4 atom stereocenters.